The van der Waals surface area contributed by atoms with Crippen LogP contribution >= 0.6 is 0 Å². The molecule has 1 amide bonds. The molecule has 8 heteroatoms. The van der Waals surface area contributed by atoms with Gasteiger partial charge in [0.15, 0.2) is 17.1 Å². The second-order valence-corrected chi connectivity index (χ2v) is 7.63. The molecular formula is C26H17N5O3. The number of para-hydroxylation sites is 1. The predicted molar refractivity (Wildman–Crippen MR) is 128 cm³/mol. The third kappa shape index (κ3) is 3.82. The fourth-order valence-electron chi connectivity index (χ4n) is 3.60. The molecule has 0 aliphatic heterocycles. The summed E-state index contributed by atoms with van der Waals surface area (Å²) in [4.78, 5) is 30.0. The van der Waals surface area contributed by atoms with E-state index in [4.69, 9.17) is 4.42 Å². The van der Waals surface area contributed by atoms with Crippen LogP contribution in [0.3, 0.4) is 0 Å². The maximum atomic E-state index is 12.7. The molecule has 1 N–H and O–H groups in total. The largest absolute Gasteiger partial charge is 0.463 e. The van der Waals surface area contributed by atoms with Gasteiger partial charge in [-0.05, 0) is 43.3 Å². The molecule has 34 heavy (non-hydrogen) atoms. The number of benzene rings is 2. The Morgan fingerprint density at radius 1 is 1.18 bits per heavy atom. The van der Waals surface area contributed by atoms with Crippen molar-refractivity contribution in [3.05, 3.63) is 100 Å². The van der Waals surface area contributed by atoms with E-state index >= 15 is 0 Å². The lowest BCUT2D eigenvalue weighted by atomic mass is 10.1. The van der Waals surface area contributed by atoms with E-state index in [9.17, 15) is 14.9 Å². The number of aryl methyl sites for hydroxylation is 1. The molecule has 8 nitrogen and oxygen atoms in total. The van der Waals surface area contributed by atoms with Gasteiger partial charge in [0.1, 0.15) is 23.5 Å². The molecule has 2 aromatic carbocycles. The molecule has 3 aromatic heterocycles. The van der Waals surface area contributed by atoms with Crippen LogP contribution in [0.5, 0.6) is 0 Å². The first-order valence-corrected chi connectivity index (χ1v) is 10.4. The zero-order valence-corrected chi connectivity index (χ0v) is 18.0. The van der Waals surface area contributed by atoms with Gasteiger partial charge in [-0.2, -0.15) is 15.0 Å². The molecule has 0 atom stereocenters. The van der Waals surface area contributed by atoms with Gasteiger partial charge in [0.05, 0.1) is 22.7 Å². The monoisotopic (exact) mass is 447 g/mol. The number of rotatable bonds is 4. The summed E-state index contributed by atoms with van der Waals surface area (Å²) < 4.78 is 6.91. The Bertz CT molecular complexity index is 1710. The van der Waals surface area contributed by atoms with Gasteiger partial charge < -0.3 is 9.73 Å². The van der Waals surface area contributed by atoms with E-state index in [1.807, 2.05) is 49.4 Å². The first-order chi connectivity index (χ1) is 16.5. The van der Waals surface area contributed by atoms with Crippen molar-refractivity contribution in [2.75, 3.05) is 5.32 Å². The molecule has 5 rings (SSSR count). The van der Waals surface area contributed by atoms with Gasteiger partial charge in [0.2, 0.25) is 5.91 Å². The van der Waals surface area contributed by atoms with Crippen LogP contribution in [0, 0.1) is 18.3 Å². The van der Waals surface area contributed by atoms with Crippen LogP contribution in [-0.4, -0.2) is 20.7 Å². The quantitative estimate of drug-likeness (QED) is 0.410. The van der Waals surface area contributed by atoms with Crippen LogP contribution in [0.25, 0.3) is 33.8 Å². The van der Waals surface area contributed by atoms with Gasteiger partial charge in [-0.15, -0.1) is 0 Å². The van der Waals surface area contributed by atoms with Crippen molar-refractivity contribution in [1.82, 2.24) is 14.8 Å². The first-order valence-electron chi connectivity index (χ1n) is 10.4. The second kappa shape index (κ2) is 8.48. The summed E-state index contributed by atoms with van der Waals surface area (Å²) >= 11 is 0. The number of carbonyl (C=O) groups excluding carboxylic acids is 1. The van der Waals surface area contributed by atoms with Crippen LogP contribution in [0.15, 0.2) is 82.3 Å². The number of amides is 1. The molecule has 0 saturated carbocycles. The lowest BCUT2D eigenvalue weighted by Gasteiger charge is -2.08. The van der Waals surface area contributed by atoms with E-state index in [-0.39, 0.29) is 22.4 Å². The summed E-state index contributed by atoms with van der Waals surface area (Å²) in [5, 5.41) is 17.8. The Morgan fingerprint density at radius 3 is 2.88 bits per heavy atom. The number of nitrogens with zero attached hydrogens (tertiary/aromatic N) is 4. The number of nitriles is 1. The SMILES string of the molecule is Cc1ccc2occ(/C=C/C(=O)Nc3c(C#N)cnn3-c3ccc4ccccc4n3)c(=O)c2c1. The highest BCUT2D eigenvalue weighted by Crippen LogP contribution is 2.21. The number of nitrogens with one attached hydrogen (secondary N) is 1. The Morgan fingerprint density at radius 2 is 2.03 bits per heavy atom. The van der Waals surface area contributed by atoms with E-state index < -0.39 is 5.91 Å². The normalized spacial score (nSPS) is 11.2. The van der Waals surface area contributed by atoms with Gasteiger partial charge in [0.25, 0.3) is 0 Å². The average Bonchev–Trinajstić information content (AvgIpc) is 3.26. The van der Waals surface area contributed by atoms with Gasteiger partial charge in [0, 0.05) is 11.5 Å². The zero-order valence-electron chi connectivity index (χ0n) is 18.0. The highest BCUT2D eigenvalue weighted by atomic mass is 16.3. The first kappa shape index (κ1) is 20.8. The lowest BCUT2D eigenvalue weighted by Crippen LogP contribution is -2.14. The number of carbonyl (C=O) groups is 1. The van der Waals surface area contributed by atoms with Gasteiger partial charge in [-0.1, -0.05) is 29.8 Å². The van der Waals surface area contributed by atoms with E-state index in [0.29, 0.717) is 16.8 Å². The number of fused-ring (bicyclic) bond motifs is 2. The summed E-state index contributed by atoms with van der Waals surface area (Å²) in [6.07, 6.45) is 5.26. The molecule has 0 spiro atoms. The molecule has 5 aromatic rings. The summed E-state index contributed by atoms with van der Waals surface area (Å²) in [7, 11) is 0. The molecule has 0 radical (unpaired) electrons. The smallest absolute Gasteiger partial charge is 0.249 e. The van der Waals surface area contributed by atoms with E-state index in [0.717, 1.165) is 16.5 Å². The highest BCUT2D eigenvalue weighted by molar-refractivity contribution is 6.02. The second-order valence-electron chi connectivity index (χ2n) is 7.63. The van der Waals surface area contributed by atoms with Gasteiger partial charge in [-0.3, -0.25) is 9.59 Å². The van der Waals surface area contributed by atoms with Crippen LogP contribution in [0.2, 0.25) is 0 Å². The molecule has 0 aliphatic rings. The minimum atomic E-state index is -0.539. The molecule has 0 bridgehead atoms. The molecule has 164 valence electrons. The van der Waals surface area contributed by atoms with Crippen molar-refractivity contribution >= 4 is 39.7 Å². The Kier molecular flexibility index (Phi) is 5.20. The molecule has 0 fully saturated rings. The number of anilines is 1. The third-order valence-electron chi connectivity index (χ3n) is 5.30. The summed E-state index contributed by atoms with van der Waals surface area (Å²) in [5.41, 5.74) is 2.33. The van der Waals surface area contributed by atoms with Crippen molar-refractivity contribution < 1.29 is 9.21 Å². The fourth-order valence-corrected chi connectivity index (χ4v) is 3.60. The number of aromatic nitrogens is 3. The van der Waals surface area contributed by atoms with Crippen LogP contribution < -0.4 is 10.7 Å². The standard InChI is InChI=1S/C26H17N5O3/c1-16-6-9-22-20(12-16)25(33)18(15-34-22)8-11-24(32)30-26-19(13-27)14-28-31(26)23-10-7-17-4-2-3-5-21(17)29-23/h2-12,14-15H,1H3,(H,30,32)/b11-8+. The molecule has 0 aliphatic carbocycles. The van der Waals surface area contributed by atoms with Crippen LogP contribution in [-0.2, 0) is 4.79 Å². The van der Waals surface area contributed by atoms with Crippen molar-refractivity contribution in [2.45, 2.75) is 6.92 Å². The minimum absolute atomic E-state index is 0.178. The third-order valence-corrected chi connectivity index (χ3v) is 5.30. The molecule has 3 heterocycles. The summed E-state index contributed by atoms with van der Waals surface area (Å²) in [6.45, 7) is 1.88. The molecule has 0 unspecified atom stereocenters. The van der Waals surface area contributed by atoms with E-state index in [1.165, 1.54) is 29.3 Å². The number of hydrogen-bond acceptors (Lipinski definition) is 6. The molecule has 0 saturated heterocycles. The summed E-state index contributed by atoms with van der Waals surface area (Å²) in [5.74, 6) is 0.0916. The van der Waals surface area contributed by atoms with Crippen molar-refractivity contribution in [2.24, 2.45) is 0 Å². The van der Waals surface area contributed by atoms with Crippen molar-refractivity contribution in [1.29, 1.82) is 5.26 Å². The van der Waals surface area contributed by atoms with Crippen molar-refractivity contribution in [3.63, 3.8) is 0 Å². The van der Waals surface area contributed by atoms with Crippen LogP contribution in [0.4, 0.5) is 5.82 Å². The number of pyridine rings is 1. The lowest BCUT2D eigenvalue weighted by molar-refractivity contribution is -0.111. The fraction of sp³-hybridized carbons (Fsp3) is 0.0385. The van der Waals surface area contributed by atoms with Gasteiger partial charge in [-0.25, -0.2) is 4.98 Å². The Hall–Kier alpha value is -5.03. The Balaban J connectivity index is 1.45. The number of hydrogen-bond donors (Lipinski definition) is 1. The van der Waals surface area contributed by atoms with E-state index in [2.05, 4.69) is 15.4 Å². The topological polar surface area (TPSA) is 114 Å². The van der Waals surface area contributed by atoms with E-state index in [1.54, 1.807) is 18.2 Å². The highest BCUT2D eigenvalue weighted by Gasteiger charge is 2.15. The predicted octanol–water partition coefficient (Wildman–Crippen LogP) is 4.36. The minimum Gasteiger partial charge on any atom is -0.463 e. The van der Waals surface area contributed by atoms with Crippen LogP contribution in [0.1, 0.15) is 16.7 Å². The maximum absolute atomic E-state index is 12.7. The van der Waals surface area contributed by atoms with Gasteiger partial charge >= 0.3 is 0 Å². The maximum Gasteiger partial charge on any atom is 0.249 e. The van der Waals surface area contributed by atoms with Crippen molar-refractivity contribution in [3.8, 4) is 11.9 Å². The average molecular weight is 447 g/mol. The zero-order chi connectivity index (χ0) is 23.7. The summed E-state index contributed by atoms with van der Waals surface area (Å²) in [6, 6.07) is 18.6. The Labute approximate surface area is 193 Å². The molecular weight excluding hydrogens is 430 g/mol.